The van der Waals surface area contributed by atoms with Crippen LogP contribution in [0.25, 0.3) is 0 Å². The molecule has 15 heavy (non-hydrogen) atoms. The Kier molecular flexibility index (Phi) is 5.58. The van der Waals surface area contributed by atoms with E-state index >= 15 is 0 Å². The molecule has 0 spiro atoms. The fourth-order valence-corrected chi connectivity index (χ4v) is 2.39. The van der Waals surface area contributed by atoms with Gasteiger partial charge in [0.15, 0.2) is 0 Å². The highest BCUT2D eigenvalue weighted by atomic mass is 16.3. The summed E-state index contributed by atoms with van der Waals surface area (Å²) in [6.07, 6.45) is 3.46. The first-order valence-electron chi connectivity index (χ1n) is 6.19. The zero-order valence-electron chi connectivity index (χ0n) is 10.4. The van der Waals surface area contributed by atoms with Crippen LogP contribution in [0, 0.1) is 5.92 Å². The highest BCUT2D eigenvalue weighted by molar-refractivity contribution is 4.80. The zero-order valence-corrected chi connectivity index (χ0v) is 10.4. The van der Waals surface area contributed by atoms with Crippen LogP contribution >= 0.6 is 0 Å². The molecule has 90 valence electrons. The molecule has 3 nitrogen and oxygen atoms in total. The lowest BCUT2D eigenvalue weighted by Gasteiger charge is -2.34. The second kappa shape index (κ2) is 6.46. The molecule has 1 rings (SSSR count). The molecule has 1 aliphatic heterocycles. The number of hydrogen-bond donors (Lipinski definition) is 2. The summed E-state index contributed by atoms with van der Waals surface area (Å²) in [6, 6.07) is 1.02. The standard InChI is InChI=1S/C12H26N2O/c1-10(6-9-15)13-11(2)12-4-7-14(3)8-5-12/h10-13,15H,4-9H2,1-3H3. The quantitative estimate of drug-likeness (QED) is 0.719. The first kappa shape index (κ1) is 12.9. The molecule has 1 aliphatic rings. The molecule has 0 saturated carbocycles. The van der Waals surface area contributed by atoms with Crippen molar-refractivity contribution in [2.24, 2.45) is 5.92 Å². The average molecular weight is 214 g/mol. The monoisotopic (exact) mass is 214 g/mol. The number of hydrogen-bond acceptors (Lipinski definition) is 3. The van der Waals surface area contributed by atoms with Crippen molar-refractivity contribution in [2.75, 3.05) is 26.7 Å². The first-order chi connectivity index (χ1) is 7.13. The van der Waals surface area contributed by atoms with Gasteiger partial charge in [-0.3, -0.25) is 0 Å². The summed E-state index contributed by atoms with van der Waals surface area (Å²) in [6.45, 7) is 7.18. The normalized spacial score (nSPS) is 24.0. The first-order valence-corrected chi connectivity index (χ1v) is 6.19. The zero-order chi connectivity index (χ0) is 11.3. The summed E-state index contributed by atoms with van der Waals surface area (Å²) in [4.78, 5) is 2.40. The van der Waals surface area contributed by atoms with Gasteiger partial charge in [-0.2, -0.15) is 0 Å². The number of nitrogens with one attached hydrogen (secondary N) is 1. The van der Waals surface area contributed by atoms with E-state index in [2.05, 4.69) is 31.1 Å². The van der Waals surface area contributed by atoms with Crippen LogP contribution in [-0.4, -0.2) is 48.8 Å². The molecule has 1 saturated heterocycles. The van der Waals surface area contributed by atoms with E-state index in [-0.39, 0.29) is 6.61 Å². The Bertz CT molecular complexity index is 167. The molecule has 0 aromatic carbocycles. The van der Waals surface area contributed by atoms with Crippen LogP contribution in [-0.2, 0) is 0 Å². The maximum absolute atomic E-state index is 8.85. The molecule has 0 aliphatic carbocycles. The molecule has 2 unspecified atom stereocenters. The van der Waals surface area contributed by atoms with Gasteiger partial charge in [-0.1, -0.05) is 0 Å². The minimum atomic E-state index is 0.286. The van der Waals surface area contributed by atoms with Gasteiger partial charge in [0.1, 0.15) is 0 Å². The van der Waals surface area contributed by atoms with Gasteiger partial charge >= 0.3 is 0 Å². The van der Waals surface area contributed by atoms with Crippen LogP contribution in [0.1, 0.15) is 33.1 Å². The van der Waals surface area contributed by atoms with Crippen LogP contribution in [0.5, 0.6) is 0 Å². The highest BCUT2D eigenvalue weighted by Gasteiger charge is 2.22. The summed E-state index contributed by atoms with van der Waals surface area (Å²) in [5, 5.41) is 12.4. The van der Waals surface area contributed by atoms with Crippen molar-refractivity contribution < 1.29 is 5.11 Å². The van der Waals surface area contributed by atoms with E-state index in [1.165, 1.54) is 25.9 Å². The molecule has 3 heteroatoms. The Hall–Kier alpha value is -0.120. The number of piperidine rings is 1. The van der Waals surface area contributed by atoms with Crippen LogP contribution in [0.4, 0.5) is 0 Å². The van der Waals surface area contributed by atoms with Crippen molar-refractivity contribution in [3.63, 3.8) is 0 Å². The van der Waals surface area contributed by atoms with E-state index in [0.717, 1.165) is 12.3 Å². The molecule has 0 aromatic heterocycles. The van der Waals surface area contributed by atoms with Crippen molar-refractivity contribution in [3.8, 4) is 0 Å². The maximum atomic E-state index is 8.85. The van der Waals surface area contributed by atoms with Gasteiger partial charge in [0.05, 0.1) is 0 Å². The Morgan fingerprint density at radius 2 is 1.93 bits per heavy atom. The summed E-state index contributed by atoms with van der Waals surface area (Å²) < 4.78 is 0. The summed E-state index contributed by atoms with van der Waals surface area (Å²) >= 11 is 0. The van der Waals surface area contributed by atoms with Crippen molar-refractivity contribution in [3.05, 3.63) is 0 Å². The second-order valence-corrected chi connectivity index (χ2v) is 5.01. The van der Waals surface area contributed by atoms with E-state index in [0.29, 0.717) is 12.1 Å². The lowest BCUT2D eigenvalue weighted by Crippen LogP contribution is -2.44. The smallest absolute Gasteiger partial charge is 0.0445 e. The third-order valence-electron chi connectivity index (χ3n) is 3.58. The topological polar surface area (TPSA) is 35.5 Å². The van der Waals surface area contributed by atoms with Gasteiger partial charge in [0, 0.05) is 18.7 Å². The number of rotatable bonds is 5. The fraction of sp³-hybridized carbons (Fsp3) is 1.00. The minimum Gasteiger partial charge on any atom is -0.396 e. The molecule has 0 bridgehead atoms. The Morgan fingerprint density at radius 3 is 2.47 bits per heavy atom. The van der Waals surface area contributed by atoms with E-state index in [9.17, 15) is 0 Å². The number of aliphatic hydroxyl groups is 1. The largest absolute Gasteiger partial charge is 0.396 e. The third-order valence-corrected chi connectivity index (χ3v) is 3.58. The average Bonchev–Trinajstić information content (AvgIpc) is 2.18. The van der Waals surface area contributed by atoms with E-state index in [1.807, 2.05) is 0 Å². The van der Waals surface area contributed by atoms with E-state index in [4.69, 9.17) is 5.11 Å². The van der Waals surface area contributed by atoms with Crippen molar-refractivity contribution in [2.45, 2.75) is 45.2 Å². The predicted molar refractivity (Wildman–Crippen MR) is 64.0 cm³/mol. The van der Waals surface area contributed by atoms with Gasteiger partial charge in [-0.15, -0.1) is 0 Å². The highest BCUT2D eigenvalue weighted by Crippen LogP contribution is 2.19. The molecule has 0 amide bonds. The van der Waals surface area contributed by atoms with Gasteiger partial charge in [0.25, 0.3) is 0 Å². The Balaban J connectivity index is 2.24. The SMILES string of the molecule is CC(CCO)NC(C)C1CCN(C)CC1. The Morgan fingerprint density at radius 1 is 1.33 bits per heavy atom. The van der Waals surface area contributed by atoms with Crippen LogP contribution in [0.15, 0.2) is 0 Å². The summed E-state index contributed by atoms with van der Waals surface area (Å²) in [7, 11) is 2.20. The molecule has 1 heterocycles. The van der Waals surface area contributed by atoms with E-state index < -0.39 is 0 Å². The summed E-state index contributed by atoms with van der Waals surface area (Å²) in [5.74, 6) is 0.808. The fourth-order valence-electron chi connectivity index (χ4n) is 2.39. The molecule has 2 atom stereocenters. The molecule has 0 aromatic rings. The third kappa shape index (κ3) is 4.49. The maximum Gasteiger partial charge on any atom is 0.0445 e. The second-order valence-electron chi connectivity index (χ2n) is 5.01. The van der Waals surface area contributed by atoms with Gasteiger partial charge in [-0.05, 0) is 59.2 Å². The number of aliphatic hydroxyl groups excluding tert-OH is 1. The van der Waals surface area contributed by atoms with Crippen molar-refractivity contribution >= 4 is 0 Å². The minimum absolute atomic E-state index is 0.286. The molecular formula is C12H26N2O. The van der Waals surface area contributed by atoms with E-state index in [1.54, 1.807) is 0 Å². The Labute approximate surface area is 93.9 Å². The lowest BCUT2D eigenvalue weighted by molar-refractivity contribution is 0.179. The number of nitrogens with zero attached hydrogens (tertiary/aromatic N) is 1. The van der Waals surface area contributed by atoms with Gasteiger partial charge in [-0.25, -0.2) is 0 Å². The molecule has 2 N–H and O–H groups in total. The van der Waals surface area contributed by atoms with Gasteiger partial charge in [0.2, 0.25) is 0 Å². The lowest BCUT2D eigenvalue weighted by atomic mass is 9.90. The van der Waals surface area contributed by atoms with Gasteiger partial charge < -0.3 is 15.3 Å². The van der Waals surface area contributed by atoms with Crippen molar-refractivity contribution in [1.29, 1.82) is 0 Å². The van der Waals surface area contributed by atoms with Crippen LogP contribution in [0.2, 0.25) is 0 Å². The molecular weight excluding hydrogens is 188 g/mol. The molecule has 0 radical (unpaired) electrons. The number of likely N-dealkylation sites (tertiary alicyclic amines) is 1. The molecule has 1 fully saturated rings. The van der Waals surface area contributed by atoms with Crippen LogP contribution < -0.4 is 5.32 Å². The van der Waals surface area contributed by atoms with Crippen LogP contribution in [0.3, 0.4) is 0 Å². The van der Waals surface area contributed by atoms with Crippen molar-refractivity contribution in [1.82, 2.24) is 10.2 Å². The summed E-state index contributed by atoms with van der Waals surface area (Å²) in [5.41, 5.74) is 0. The predicted octanol–water partition coefficient (Wildman–Crippen LogP) is 1.08.